The molecule has 4 N–H and O–H groups in total. The van der Waals surface area contributed by atoms with E-state index in [-0.39, 0.29) is 40.8 Å². The van der Waals surface area contributed by atoms with Crippen molar-refractivity contribution in [2.75, 3.05) is 5.32 Å². The first-order valence-electron chi connectivity index (χ1n) is 16.8. The summed E-state index contributed by atoms with van der Waals surface area (Å²) < 4.78 is 85.5. The number of carboxylic acids is 1. The molecule has 270 valence electrons. The Morgan fingerprint density at radius 3 is 2.28 bits per heavy atom. The van der Waals surface area contributed by atoms with Crippen molar-refractivity contribution in [3.63, 3.8) is 0 Å². The van der Waals surface area contributed by atoms with Crippen molar-refractivity contribution >= 4 is 37.5 Å². The van der Waals surface area contributed by atoms with Crippen LogP contribution in [-0.2, 0) is 38.6 Å². The third-order valence-electron chi connectivity index (χ3n) is 9.92. The molecule has 0 saturated carbocycles. The molecule has 15 heteroatoms. The summed E-state index contributed by atoms with van der Waals surface area (Å²) in [5.41, 5.74) is 0.967. The van der Waals surface area contributed by atoms with E-state index < -0.39 is 47.1 Å². The summed E-state index contributed by atoms with van der Waals surface area (Å²) in [4.78, 5) is 14.8. The number of nitrogens with zero attached hydrogens (tertiary/aromatic N) is 3. The van der Waals surface area contributed by atoms with E-state index in [1.807, 2.05) is 82.3 Å². The first-order chi connectivity index (χ1) is 23.1. The lowest BCUT2D eigenvalue weighted by molar-refractivity contribution is -0.673. The fourth-order valence-electron chi connectivity index (χ4n) is 8.10. The van der Waals surface area contributed by atoms with Gasteiger partial charge in [-0.1, -0.05) is 13.8 Å². The molecule has 0 radical (unpaired) electrons. The summed E-state index contributed by atoms with van der Waals surface area (Å²) in [6.45, 7) is 12.0. The van der Waals surface area contributed by atoms with Crippen molar-refractivity contribution in [3.8, 4) is 11.5 Å². The van der Waals surface area contributed by atoms with Gasteiger partial charge in [-0.3, -0.25) is 18.9 Å². The summed E-state index contributed by atoms with van der Waals surface area (Å²) in [6.07, 6.45) is 6.78. The maximum Gasteiger partial charge on any atom is 0.303 e. The number of anilines is 1. The highest BCUT2D eigenvalue weighted by molar-refractivity contribution is 7.86. The van der Waals surface area contributed by atoms with Crippen LogP contribution in [0.5, 0.6) is 11.5 Å². The minimum atomic E-state index is -5.02. The van der Waals surface area contributed by atoms with Gasteiger partial charge in [-0.25, -0.2) is 9.13 Å². The molecular weight excluding hydrogens is 685 g/mol. The molecule has 6 rings (SSSR count). The molecule has 0 saturated heterocycles. The molecule has 50 heavy (non-hydrogen) atoms. The molecule has 3 aliphatic heterocycles. The molecule has 3 aromatic rings. The number of aliphatic carboxylic acids is 1. The molecule has 0 fully saturated rings. The number of carboxylic acid groups (broad SMARTS) is 1. The summed E-state index contributed by atoms with van der Waals surface area (Å²) in [5.74, 6) is -1.13. The average molecular weight is 730 g/mol. The summed E-state index contributed by atoms with van der Waals surface area (Å²) in [7, 11) is -8.19. The lowest BCUT2D eigenvalue weighted by Gasteiger charge is -2.39. The van der Waals surface area contributed by atoms with Crippen molar-refractivity contribution in [2.45, 2.75) is 119 Å². The number of ether oxygens (including phenoxy) is 1. The highest BCUT2D eigenvalue weighted by Gasteiger charge is 2.43. The zero-order valence-corrected chi connectivity index (χ0v) is 31.0. The lowest BCUT2D eigenvalue weighted by atomic mass is 9.80. The second-order valence-corrected chi connectivity index (χ2v) is 18.0. The standard InChI is InChI=1S/C35H44N4O9S2/c1-19-17-34(3,4)36-27-21(19)15-23-26(33-38(7)13-14-39(33)12-10-8-9-11-25(40)41)24-16-22-20(2)18-35(5,6)37-28(22)32(50(45,46)47)30(24)48-29(23)31(27)49(42,43)44/h13-16,19-20H,8-12,17-18H2,1-7H3,(H3-,36,37,40,41,42,43,44,45,46,47)/p+1. The maximum absolute atomic E-state index is 13.4. The predicted octanol–water partition coefficient (Wildman–Crippen LogP) is 4.41. The number of benzene rings is 2. The summed E-state index contributed by atoms with van der Waals surface area (Å²) >= 11 is 0. The maximum atomic E-state index is 13.4. The topological polar surface area (TPSA) is 188 Å². The fourth-order valence-corrected chi connectivity index (χ4v) is 9.71. The smallest absolute Gasteiger partial charge is 0.303 e. The molecular formula is C35H45N4O9S2+. The Kier molecular flexibility index (Phi) is 8.77. The van der Waals surface area contributed by atoms with Crippen LogP contribution < -0.4 is 25.2 Å². The third kappa shape index (κ3) is 6.44. The Morgan fingerprint density at radius 1 is 0.980 bits per heavy atom. The number of unbranched alkanes of at least 4 members (excludes halogenated alkanes) is 2. The first kappa shape index (κ1) is 36.0. The van der Waals surface area contributed by atoms with Gasteiger partial charge in [-0.2, -0.15) is 16.8 Å². The Bertz CT molecular complexity index is 2290. The van der Waals surface area contributed by atoms with Crippen molar-refractivity contribution in [1.29, 1.82) is 0 Å². The zero-order valence-electron chi connectivity index (χ0n) is 29.4. The number of imidazole rings is 1. The van der Waals surface area contributed by atoms with Crippen molar-refractivity contribution in [3.05, 3.63) is 57.6 Å². The van der Waals surface area contributed by atoms with Gasteiger partial charge in [0.25, 0.3) is 26.1 Å². The number of aryl methyl sites for hydroxylation is 2. The lowest BCUT2D eigenvalue weighted by Crippen LogP contribution is -2.40. The van der Waals surface area contributed by atoms with Gasteiger partial charge in [-0.15, -0.1) is 0 Å². The second kappa shape index (κ2) is 12.2. The largest absolute Gasteiger partial charge is 0.481 e. The fraction of sp³-hybridized carbons (Fsp3) is 0.514. The van der Waals surface area contributed by atoms with Gasteiger partial charge in [0.2, 0.25) is 0 Å². The van der Waals surface area contributed by atoms with Gasteiger partial charge < -0.3 is 15.2 Å². The van der Waals surface area contributed by atoms with E-state index in [2.05, 4.69) is 5.32 Å². The van der Waals surface area contributed by atoms with Crippen LogP contribution in [0.2, 0.25) is 0 Å². The number of hydrogen-bond acceptors (Lipinski definition) is 8. The minimum absolute atomic E-state index is 0.0511. The number of carbonyl (C=O) groups is 1. The van der Waals surface area contributed by atoms with Crippen LogP contribution in [0.25, 0.3) is 5.57 Å². The van der Waals surface area contributed by atoms with Crippen LogP contribution in [0.1, 0.15) is 114 Å². The first-order valence-corrected chi connectivity index (χ1v) is 19.7. The Hall–Kier alpha value is -3.79. The van der Waals surface area contributed by atoms with Crippen molar-refractivity contribution in [1.82, 2.24) is 4.57 Å². The van der Waals surface area contributed by atoms with E-state index >= 15 is 0 Å². The van der Waals surface area contributed by atoms with Crippen molar-refractivity contribution < 1.29 is 45.1 Å². The number of aromatic nitrogens is 2. The normalized spacial score (nSPS) is 20.4. The number of hydrogen-bond donors (Lipinski definition) is 4. The third-order valence-corrected chi connectivity index (χ3v) is 11.7. The van der Waals surface area contributed by atoms with Crippen LogP contribution in [-0.4, -0.2) is 52.7 Å². The van der Waals surface area contributed by atoms with E-state index in [9.17, 15) is 30.7 Å². The Morgan fingerprint density at radius 2 is 1.64 bits per heavy atom. The molecule has 13 nitrogen and oxygen atoms in total. The van der Waals surface area contributed by atoms with E-state index in [0.29, 0.717) is 72.0 Å². The van der Waals surface area contributed by atoms with Crippen molar-refractivity contribution in [2.24, 2.45) is 12.0 Å². The molecule has 0 aliphatic carbocycles. The van der Waals surface area contributed by atoms with Crippen LogP contribution in [0, 0.1) is 0 Å². The Balaban J connectivity index is 1.77. The highest BCUT2D eigenvalue weighted by Crippen LogP contribution is 2.51. The van der Waals surface area contributed by atoms with Crippen LogP contribution in [0.15, 0.2) is 39.3 Å². The predicted molar refractivity (Wildman–Crippen MR) is 185 cm³/mol. The van der Waals surface area contributed by atoms with Crippen LogP contribution in [0.3, 0.4) is 0 Å². The molecule has 2 aromatic carbocycles. The molecule has 1 aromatic heterocycles. The highest BCUT2D eigenvalue weighted by atomic mass is 32.2. The summed E-state index contributed by atoms with van der Waals surface area (Å²) in [6, 6.07) is 3.67. The SMILES string of the molecule is CC1CC(C)(C)Nc2c1cc1c(c2S(=O)(=O)O)Oc2c(S(=O)(=O)O)c3c(cc2=C1c1n(CCCCCC(=O)O)cc[n+]1C)C(C)CC(C)(C)N=3. The second-order valence-electron chi connectivity index (χ2n) is 15.3. The van der Waals surface area contributed by atoms with E-state index in [0.717, 1.165) is 0 Å². The van der Waals surface area contributed by atoms with Gasteiger partial charge in [0, 0.05) is 22.7 Å². The van der Waals surface area contributed by atoms with Gasteiger partial charge >= 0.3 is 5.97 Å². The molecule has 0 bridgehead atoms. The van der Waals surface area contributed by atoms with Gasteiger partial charge in [0.05, 0.1) is 35.7 Å². The molecule has 2 unspecified atom stereocenters. The molecule has 3 aliphatic rings. The quantitative estimate of drug-likeness (QED) is 0.109. The zero-order chi connectivity index (χ0) is 36.7. The van der Waals surface area contributed by atoms with E-state index in [4.69, 9.17) is 14.8 Å². The monoisotopic (exact) mass is 729 g/mol. The minimum Gasteiger partial charge on any atom is -0.481 e. The van der Waals surface area contributed by atoms with Crippen LogP contribution >= 0.6 is 0 Å². The van der Waals surface area contributed by atoms with Gasteiger partial charge in [0.1, 0.15) is 12.4 Å². The number of nitrogens with one attached hydrogen (secondary N) is 1. The van der Waals surface area contributed by atoms with E-state index in [1.54, 1.807) is 0 Å². The molecule has 2 atom stereocenters. The average Bonchev–Trinajstić information content (AvgIpc) is 3.30. The van der Waals surface area contributed by atoms with E-state index in [1.165, 1.54) is 0 Å². The number of rotatable bonds is 9. The van der Waals surface area contributed by atoms with Gasteiger partial charge in [-0.05, 0) is 94.9 Å². The molecule has 0 spiro atoms. The molecule has 0 amide bonds. The van der Waals surface area contributed by atoms with Crippen LogP contribution in [0.4, 0.5) is 5.69 Å². The number of fused-ring (bicyclic) bond motifs is 4. The molecule has 4 heterocycles. The van der Waals surface area contributed by atoms with Gasteiger partial charge in [0.15, 0.2) is 21.3 Å². The summed E-state index contributed by atoms with van der Waals surface area (Å²) in [5, 5.41) is 12.8. The Labute approximate surface area is 292 Å².